The van der Waals surface area contributed by atoms with E-state index in [1.807, 2.05) is 13.8 Å². The Kier molecular flexibility index (Phi) is 9.77. The predicted molar refractivity (Wildman–Crippen MR) is 148 cm³/mol. The number of aromatic hydroxyl groups is 1. The van der Waals surface area contributed by atoms with Gasteiger partial charge in [-0.15, -0.1) is 0 Å². The molecular weight excluding hydrogens is 540 g/mol. The lowest BCUT2D eigenvalue weighted by Crippen LogP contribution is -2.45. The van der Waals surface area contributed by atoms with E-state index in [9.17, 15) is 23.4 Å². The van der Waals surface area contributed by atoms with Gasteiger partial charge in [0.2, 0.25) is 10.0 Å². The average Bonchev–Trinajstić information content (AvgIpc) is 3.50. The minimum Gasteiger partial charge on any atom is -0.508 e. The van der Waals surface area contributed by atoms with Gasteiger partial charge in [0.15, 0.2) is 6.29 Å². The first kappa shape index (κ1) is 29.9. The second-order valence-corrected chi connectivity index (χ2v) is 12.4. The number of ether oxygens (including phenoxy) is 4. The number of benzene rings is 2. The second kappa shape index (κ2) is 13.1. The lowest BCUT2D eigenvalue weighted by Gasteiger charge is -2.25. The smallest absolute Gasteiger partial charge is 0.407 e. The lowest BCUT2D eigenvalue weighted by molar-refractivity contribution is -0.0905. The van der Waals surface area contributed by atoms with Crippen molar-refractivity contribution in [3.63, 3.8) is 0 Å². The van der Waals surface area contributed by atoms with Gasteiger partial charge in [0.05, 0.1) is 37.8 Å². The average molecular weight is 579 g/mol. The van der Waals surface area contributed by atoms with Crippen LogP contribution >= 0.6 is 0 Å². The zero-order valence-electron chi connectivity index (χ0n) is 22.9. The number of anilines is 1. The summed E-state index contributed by atoms with van der Waals surface area (Å²) in [7, 11) is -2.51. The number of hydrogen-bond donors (Lipinski definition) is 4. The Labute approximate surface area is 234 Å². The summed E-state index contributed by atoms with van der Waals surface area (Å²) < 4.78 is 50.8. The van der Waals surface area contributed by atoms with E-state index in [0.29, 0.717) is 30.0 Å². The fourth-order valence-corrected chi connectivity index (χ4v) is 6.29. The number of sulfonamides is 1. The van der Waals surface area contributed by atoms with Crippen LogP contribution in [0.5, 0.6) is 11.5 Å². The Balaban J connectivity index is 1.47. The van der Waals surface area contributed by atoms with Crippen LogP contribution in [-0.4, -0.2) is 75.3 Å². The molecule has 1 amide bonds. The van der Waals surface area contributed by atoms with Crippen molar-refractivity contribution in [2.75, 3.05) is 30.8 Å². The molecule has 2 fully saturated rings. The monoisotopic (exact) mass is 578 g/mol. The minimum atomic E-state index is -4.05. The molecule has 0 radical (unpaired) electrons. The molecule has 0 aromatic heterocycles. The first-order valence-electron chi connectivity index (χ1n) is 13.4. The van der Waals surface area contributed by atoms with Gasteiger partial charge in [-0.25, -0.2) is 13.2 Å². The summed E-state index contributed by atoms with van der Waals surface area (Å²) in [6, 6.07) is 10.9. The number of aliphatic hydroxyl groups excluding tert-OH is 1. The summed E-state index contributed by atoms with van der Waals surface area (Å²) in [5.41, 5.74) is 1.80. The highest BCUT2D eigenvalue weighted by molar-refractivity contribution is 7.92. The van der Waals surface area contributed by atoms with Gasteiger partial charge in [-0.2, -0.15) is 0 Å². The normalized spacial score (nSPS) is 22.0. The van der Waals surface area contributed by atoms with Gasteiger partial charge in [-0.05, 0) is 60.2 Å². The van der Waals surface area contributed by atoms with Gasteiger partial charge < -0.3 is 34.5 Å². The third kappa shape index (κ3) is 8.00. The largest absolute Gasteiger partial charge is 0.508 e. The molecule has 0 aliphatic carbocycles. The number of hydrogen-bond acceptors (Lipinski definition) is 9. The van der Waals surface area contributed by atoms with Crippen molar-refractivity contribution >= 4 is 21.8 Å². The number of carbonyl (C=O) groups excluding carboxylic acids is 1. The number of phenols is 1. The SMILES string of the molecule is COc1ccc(NS(=O)(=O)C[C@H](O)[C@H](Cc2ccc(O)cc2)OC(=O)NC2COC3OCCC23)c(CC(C)C)c1. The zero-order valence-corrected chi connectivity index (χ0v) is 23.7. The molecular formula is C28H38N2O9S. The molecule has 220 valence electrons. The van der Waals surface area contributed by atoms with Crippen LogP contribution in [0, 0.1) is 11.8 Å². The first-order valence-corrected chi connectivity index (χ1v) is 15.0. The van der Waals surface area contributed by atoms with E-state index in [4.69, 9.17) is 18.9 Å². The number of amides is 1. The summed E-state index contributed by atoms with van der Waals surface area (Å²) in [5, 5.41) is 23.5. The number of aliphatic hydroxyl groups is 1. The lowest BCUT2D eigenvalue weighted by atomic mass is 10.0. The Morgan fingerprint density at radius 2 is 1.88 bits per heavy atom. The molecule has 11 nitrogen and oxygen atoms in total. The van der Waals surface area contributed by atoms with Gasteiger partial charge in [0.1, 0.15) is 23.7 Å². The number of alkyl carbamates (subject to hydrolysis) is 1. The molecule has 5 atom stereocenters. The molecule has 4 rings (SSSR count). The van der Waals surface area contributed by atoms with Crippen molar-refractivity contribution in [1.29, 1.82) is 0 Å². The van der Waals surface area contributed by atoms with Crippen LogP contribution in [0.4, 0.5) is 10.5 Å². The molecule has 12 heteroatoms. The number of nitrogens with one attached hydrogen (secondary N) is 2. The number of methoxy groups -OCH3 is 1. The Morgan fingerprint density at radius 3 is 2.58 bits per heavy atom. The Hall–Kier alpha value is -3.06. The fraction of sp³-hybridized carbons (Fsp3) is 0.536. The van der Waals surface area contributed by atoms with Gasteiger partial charge in [0, 0.05) is 12.3 Å². The fourth-order valence-electron chi connectivity index (χ4n) is 5.00. The van der Waals surface area contributed by atoms with E-state index in [1.165, 1.54) is 12.1 Å². The molecule has 2 aromatic rings. The summed E-state index contributed by atoms with van der Waals surface area (Å²) >= 11 is 0. The maximum Gasteiger partial charge on any atom is 0.407 e. The highest BCUT2D eigenvalue weighted by Gasteiger charge is 2.43. The van der Waals surface area contributed by atoms with Crippen LogP contribution in [0.2, 0.25) is 0 Å². The molecule has 3 unspecified atom stereocenters. The third-order valence-corrected chi connectivity index (χ3v) is 8.31. The van der Waals surface area contributed by atoms with Crippen LogP contribution < -0.4 is 14.8 Å². The van der Waals surface area contributed by atoms with Crippen molar-refractivity contribution in [2.24, 2.45) is 11.8 Å². The molecule has 4 N–H and O–H groups in total. The van der Waals surface area contributed by atoms with E-state index in [-0.39, 0.29) is 42.9 Å². The van der Waals surface area contributed by atoms with Crippen molar-refractivity contribution in [3.8, 4) is 11.5 Å². The Morgan fingerprint density at radius 1 is 1.12 bits per heavy atom. The second-order valence-electron chi connectivity index (χ2n) is 10.7. The molecule has 2 heterocycles. The maximum atomic E-state index is 13.2. The van der Waals surface area contributed by atoms with Crippen molar-refractivity contribution in [3.05, 3.63) is 53.6 Å². The van der Waals surface area contributed by atoms with E-state index in [0.717, 1.165) is 12.0 Å². The molecule has 2 aromatic carbocycles. The summed E-state index contributed by atoms with van der Waals surface area (Å²) in [4.78, 5) is 12.9. The minimum absolute atomic E-state index is 0.00197. The van der Waals surface area contributed by atoms with Crippen LogP contribution in [0.3, 0.4) is 0 Å². The van der Waals surface area contributed by atoms with Crippen LogP contribution in [0.25, 0.3) is 0 Å². The van der Waals surface area contributed by atoms with Gasteiger partial charge in [-0.1, -0.05) is 26.0 Å². The summed E-state index contributed by atoms with van der Waals surface area (Å²) in [5.74, 6) is 0.218. The predicted octanol–water partition coefficient (Wildman–Crippen LogP) is 2.80. The van der Waals surface area contributed by atoms with Crippen molar-refractivity contribution in [2.45, 2.75) is 57.6 Å². The Bertz CT molecular complexity index is 1250. The molecule has 0 saturated carbocycles. The van der Waals surface area contributed by atoms with Crippen molar-refractivity contribution < 1.29 is 42.4 Å². The maximum absolute atomic E-state index is 13.2. The zero-order chi connectivity index (χ0) is 28.9. The van der Waals surface area contributed by atoms with Crippen LogP contribution in [0.15, 0.2) is 42.5 Å². The highest BCUT2D eigenvalue weighted by Crippen LogP contribution is 2.31. The van der Waals surface area contributed by atoms with Gasteiger partial charge in [0.25, 0.3) is 0 Å². The van der Waals surface area contributed by atoms with Crippen molar-refractivity contribution in [1.82, 2.24) is 5.32 Å². The molecule has 0 spiro atoms. The van der Waals surface area contributed by atoms with E-state index >= 15 is 0 Å². The summed E-state index contributed by atoms with van der Waals surface area (Å²) in [6.07, 6.45) is -2.51. The molecule has 2 aliphatic rings. The number of carbonyl (C=O) groups is 1. The van der Waals surface area contributed by atoms with E-state index in [2.05, 4.69) is 10.0 Å². The number of phenolic OH excluding ortho intramolecular Hbond substituents is 1. The molecule has 2 aliphatic heterocycles. The van der Waals surface area contributed by atoms with Gasteiger partial charge in [-0.3, -0.25) is 4.72 Å². The van der Waals surface area contributed by atoms with Crippen LogP contribution in [-0.2, 0) is 37.1 Å². The molecule has 2 saturated heterocycles. The summed E-state index contributed by atoms with van der Waals surface area (Å²) in [6.45, 7) is 4.86. The highest BCUT2D eigenvalue weighted by atomic mass is 32.2. The molecule has 0 bridgehead atoms. The standard InChI is InChI=1S/C28H38N2O9S/c1-17(2)12-19-14-21(36-3)8-9-23(19)30-40(34,35)16-25(32)26(13-18-4-6-20(31)7-5-18)39-28(33)29-24-15-38-27-22(24)10-11-37-27/h4-9,14,17,22,24-27,30-32H,10-13,15-16H2,1-3H3,(H,29,33)/t22?,24?,25-,26-,27?/m0/s1. The van der Waals surface area contributed by atoms with Gasteiger partial charge >= 0.3 is 6.09 Å². The topological polar surface area (TPSA) is 153 Å². The van der Waals surface area contributed by atoms with E-state index in [1.54, 1.807) is 37.4 Å². The number of fused-ring (bicyclic) bond motifs is 1. The third-order valence-electron chi connectivity index (χ3n) is 7.00. The first-order chi connectivity index (χ1) is 19.0. The van der Waals surface area contributed by atoms with Crippen LogP contribution in [0.1, 0.15) is 31.4 Å². The molecule has 40 heavy (non-hydrogen) atoms. The quantitative estimate of drug-likeness (QED) is 0.298. The van der Waals surface area contributed by atoms with E-state index < -0.39 is 34.1 Å². The number of rotatable bonds is 12.